The van der Waals surface area contributed by atoms with E-state index in [1.54, 1.807) is 0 Å². The van der Waals surface area contributed by atoms with Gasteiger partial charge in [-0.25, -0.2) is 0 Å². The van der Waals surface area contributed by atoms with E-state index in [4.69, 9.17) is 5.11 Å². The second kappa shape index (κ2) is 8.09. The first-order valence-electron chi connectivity index (χ1n) is 6.36. The molecule has 17 heavy (non-hydrogen) atoms. The van der Waals surface area contributed by atoms with Crippen LogP contribution in [0.2, 0.25) is 0 Å². The fraction of sp³-hybridized carbons (Fsp3) is 0.846. The minimum atomic E-state index is -0.942. The Kier molecular flexibility index (Phi) is 7.59. The summed E-state index contributed by atoms with van der Waals surface area (Å²) in [5.74, 6) is -0.361. The van der Waals surface area contributed by atoms with Crippen LogP contribution in [0.1, 0.15) is 47.0 Å². The predicted molar refractivity (Wildman–Crippen MR) is 67.7 cm³/mol. The van der Waals surface area contributed by atoms with Crippen LogP contribution in [0.15, 0.2) is 0 Å². The Balaban J connectivity index is 4.35. The van der Waals surface area contributed by atoms with Crippen molar-refractivity contribution in [2.45, 2.75) is 47.0 Å². The molecule has 100 valence electrons. The molecule has 0 aliphatic rings. The summed E-state index contributed by atoms with van der Waals surface area (Å²) in [6.45, 7) is 8.43. The van der Waals surface area contributed by atoms with E-state index in [1.165, 1.54) is 4.90 Å². The van der Waals surface area contributed by atoms with E-state index in [0.29, 0.717) is 24.8 Å². The Labute approximate surface area is 104 Å². The maximum atomic E-state index is 12.0. The molecule has 0 aliphatic carbocycles. The van der Waals surface area contributed by atoms with Crippen molar-refractivity contribution < 1.29 is 14.7 Å². The predicted octanol–water partition coefficient (Wildman–Crippen LogP) is 2.38. The average Bonchev–Trinajstić information content (AvgIpc) is 2.15. The summed E-state index contributed by atoms with van der Waals surface area (Å²) in [5.41, 5.74) is 0. The minimum absolute atomic E-state index is 0.0398. The summed E-state index contributed by atoms with van der Waals surface area (Å²) in [5, 5.41) is 8.79. The molecule has 0 saturated carbocycles. The van der Waals surface area contributed by atoms with Crippen molar-refractivity contribution >= 4 is 11.9 Å². The van der Waals surface area contributed by atoms with E-state index in [0.717, 1.165) is 12.8 Å². The lowest BCUT2D eigenvalue weighted by Crippen LogP contribution is -2.38. The van der Waals surface area contributed by atoms with E-state index < -0.39 is 5.97 Å². The third-order valence-electron chi connectivity index (χ3n) is 2.57. The smallest absolute Gasteiger partial charge is 0.323 e. The third-order valence-corrected chi connectivity index (χ3v) is 2.57. The first kappa shape index (κ1) is 15.9. The lowest BCUT2D eigenvalue weighted by Gasteiger charge is -2.24. The van der Waals surface area contributed by atoms with Gasteiger partial charge in [-0.05, 0) is 11.8 Å². The van der Waals surface area contributed by atoms with Crippen molar-refractivity contribution in [1.82, 2.24) is 4.90 Å². The van der Waals surface area contributed by atoms with Gasteiger partial charge in [-0.2, -0.15) is 0 Å². The van der Waals surface area contributed by atoms with Crippen LogP contribution in [-0.4, -0.2) is 35.0 Å². The summed E-state index contributed by atoms with van der Waals surface area (Å²) < 4.78 is 0. The standard InChI is InChI=1S/C13H25NO3/c1-5-6-11(4)7-12(15)14(8-10(2)3)9-13(16)17/h10-11H,5-9H2,1-4H3,(H,16,17). The maximum absolute atomic E-state index is 12.0. The van der Waals surface area contributed by atoms with Gasteiger partial charge >= 0.3 is 5.97 Å². The fourth-order valence-electron chi connectivity index (χ4n) is 1.88. The molecule has 0 aliphatic heterocycles. The lowest BCUT2D eigenvalue weighted by molar-refractivity contribution is -0.145. The van der Waals surface area contributed by atoms with Gasteiger partial charge in [-0.1, -0.05) is 40.5 Å². The largest absolute Gasteiger partial charge is 0.480 e. The normalized spacial score (nSPS) is 12.5. The SMILES string of the molecule is CCCC(C)CC(=O)N(CC(=O)O)CC(C)C. The van der Waals surface area contributed by atoms with Crippen LogP contribution in [0, 0.1) is 11.8 Å². The number of carbonyl (C=O) groups is 2. The maximum Gasteiger partial charge on any atom is 0.323 e. The number of hydrogen-bond acceptors (Lipinski definition) is 2. The molecule has 0 bridgehead atoms. The van der Waals surface area contributed by atoms with Crippen LogP contribution in [-0.2, 0) is 9.59 Å². The highest BCUT2D eigenvalue weighted by Crippen LogP contribution is 2.12. The van der Waals surface area contributed by atoms with Gasteiger partial charge in [0.25, 0.3) is 0 Å². The van der Waals surface area contributed by atoms with Crippen molar-refractivity contribution in [3.63, 3.8) is 0 Å². The molecule has 1 N–H and O–H groups in total. The summed E-state index contributed by atoms with van der Waals surface area (Å²) in [7, 11) is 0. The molecule has 0 aromatic rings. The van der Waals surface area contributed by atoms with Gasteiger partial charge in [0, 0.05) is 13.0 Å². The molecule has 0 spiro atoms. The molecule has 1 atom stereocenters. The van der Waals surface area contributed by atoms with Gasteiger partial charge in [0.05, 0.1) is 0 Å². The second-order valence-corrected chi connectivity index (χ2v) is 5.16. The number of carboxylic acids is 1. The molecular formula is C13H25NO3. The molecule has 0 aromatic carbocycles. The number of nitrogens with zero attached hydrogens (tertiary/aromatic N) is 1. The van der Waals surface area contributed by atoms with Gasteiger partial charge in [0.2, 0.25) is 5.91 Å². The summed E-state index contributed by atoms with van der Waals surface area (Å²) in [6.07, 6.45) is 2.51. The van der Waals surface area contributed by atoms with Crippen LogP contribution >= 0.6 is 0 Å². The van der Waals surface area contributed by atoms with Gasteiger partial charge < -0.3 is 10.0 Å². The Hall–Kier alpha value is -1.06. The number of carbonyl (C=O) groups excluding carboxylic acids is 1. The second-order valence-electron chi connectivity index (χ2n) is 5.16. The van der Waals surface area contributed by atoms with Crippen LogP contribution in [0.25, 0.3) is 0 Å². The number of aliphatic carboxylic acids is 1. The molecule has 4 heteroatoms. The zero-order valence-corrected chi connectivity index (χ0v) is 11.4. The summed E-state index contributed by atoms with van der Waals surface area (Å²) >= 11 is 0. The molecule has 1 unspecified atom stereocenters. The molecule has 1 amide bonds. The Bertz CT molecular complexity index is 251. The van der Waals surface area contributed by atoms with E-state index in [9.17, 15) is 9.59 Å². The molecule has 0 aromatic heterocycles. The molecular weight excluding hydrogens is 218 g/mol. The zero-order chi connectivity index (χ0) is 13.4. The lowest BCUT2D eigenvalue weighted by atomic mass is 10.0. The molecule has 0 rings (SSSR count). The quantitative estimate of drug-likeness (QED) is 0.712. The summed E-state index contributed by atoms with van der Waals surface area (Å²) in [6, 6.07) is 0. The molecule has 0 saturated heterocycles. The highest BCUT2D eigenvalue weighted by Gasteiger charge is 2.19. The highest BCUT2D eigenvalue weighted by atomic mass is 16.4. The van der Waals surface area contributed by atoms with Crippen molar-refractivity contribution in [3.05, 3.63) is 0 Å². The number of rotatable bonds is 8. The molecule has 0 heterocycles. The average molecular weight is 243 g/mol. The van der Waals surface area contributed by atoms with Gasteiger partial charge in [-0.15, -0.1) is 0 Å². The third kappa shape index (κ3) is 7.77. The zero-order valence-electron chi connectivity index (χ0n) is 11.4. The monoisotopic (exact) mass is 243 g/mol. The highest BCUT2D eigenvalue weighted by molar-refractivity contribution is 5.81. The Morgan fingerprint density at radius 2 is 1.82 bits per heavy atom. The first-order valence-corrected chi connectivity index (χ1v) is 6.36. The van der Waals surface area contributed by atoms with E-state index in [-0.39, 0.29) is 12.5 Å². The van der Waals surface area contributed by atoms with Crippen molar-refractivity contribution in [2.75, 3.05) is 13.1 Å². The van der Waals surface area contributed by atoms with Crippen molar-refractivity contribution in [2.24, 2.45) is 11.8 Å². The summed E-state index contributed by atoms with van der Waals surface area (Å²) in [4.78, 5) is 24.1. The number of amides is 1. The van der Waals surface area contributed by atoms with Gasteiger partial charge in [0.15, 0.2) is 0 Å². The van der Waals surface area contributed by atoms with E-state index >= 15 is 0 Å². The van der Waals surface area contributed by atoms with Gasteiger partial charge in [-0.3, -0.25) is 9.59 Å². The fourth-order valence-corrected chi connectivity index (χ4v) is 1.88. The molecule has 0 fully saturated rings. The Morgan fingerprint density at radius 3 is 2.24 bits per heavy atom. The molecule has 4 nitrogen and oxygen atoms in total. The number of hydrogen-bond donors (Lipinski definition) is 1. The van der Waals surface area contributed by atoms with Crippen LogP contribution < -0.4 is 0 Å². The first-order chi connectivity index (χ1) is 7.86. The van der Waals surface area contributed by atoms with Crippen molar-refractivity contribution in [1.29, 1.82) is 0 Å². The van der Waals surface area contributed by atoms with Crippen LogP contribution in [0.4, 0.5) is 0 Å². The Morgan fingerprint density at radius 1 is 1.24 bits per heavy atom. The topological polar surface area (TPSA) is 57.6 Å². The number of carboxylic acid groups (broad SMARTS) is 1. The van der Waals surface area contributed by atoms with Crippen LogP contribution in [0.3, 0.4) is 0 Å². The van der Waals surface area contributed by atoms with E-state index in [1.807, 2.05) is 20.8 Å². The van der Waals surface area contributed by atoms with Gasteiger partial charge in [0.1, 0.15) is 6.54 Å². The molecule has 0 radical (unpaired) electrons. The van der Waals surface area contributed by atoms with Crippen LogP contribution in [0.5, 0.6) is 0 Å². The van der Waals surface area contributed by atoms with E-state index in [2.05, 4.69) is 6.92 Å². The van der Waals surface area contributed by atoms with Crippen molar-refractivity contribution in [3.8, 4) is 0 Å². The minimum Gasteiger partial charge on any atom is -0.480 e.